The third kappa shape index (κ3) is 1.94. The number of hydrogen-bond acceptors (Lipinski definition) is 4. The molecule has 6 nitrogen and oxygen atoms in total. The summed E-state index contributed by atoms with van der Waals surface area (Å²) in [6.45, 7) is 0. The molecular weight excluding hydrogens is 148 g/mol. The van der Waals surface area contributed by atoms with E-state index in [0.29, 0.717) is 0 Å². The molecule has 2 amide bonds. The molecule has 0 saturated heterocycles. The van der Waals surface area contributed by atoms with E-state index in [1.165, 1.54) is 18.6 Å². The van der Waals surface area contributed by atoms with E-state index in [2.05, 4.69) is 15.6 Å². The van der Waals surface area contributed by atoms with Gasteiger partial charge in [0.05, 0.1) is 6.34 Å². The molecule has 0 aromatic carbocycles. The van der Waals surface area contributed by atoms with E-state index in [1.54, 1.807) is 0 Å². The van der Waals surface area contributed by atoms with Crippen LogP contribution in [0.4, 0.5) is 4.79 Å². The van der Waals surface area contributed by atoms with Gasteiger partial charge in [-0.15, -0.1) is 0 Å². The molecule has 60 valence electrons. The first-order valence-corrected chi connectivity index (χ1v) is 2.89. The van der Waals surface area contributed by atoms with Gasteiger partial charge < -0.3 is 16.2 Å². The van der Waals surface area contributed by atoms with Gasteiger partial charge in [-0.1, -0.05) is 0 Å². The number of carbonyl (C=O) groups is 1. The number of nitrogens with two attached hydrogens (primary N) is 1. The number of hydrogen-bond donors (Lipinski definition) is 4. The molecule has 0 fully saturated rings. The molecule has 1 aliphatic rings. The third-order valence-electron chi connectivity index (χ3n) is 1.07. The van der Waals surface area contributed by atoms with E-state index in [-0.39, 0.29) is 0 Å². The number of urea groups is 1. The number of amides is 2. The molecule has 0 aromatic heterocycles. The normalized spacial score (nSPS) is 27.7. The lowest BCUT2D eigenvalue weighted by Crippen LogP contribution is -2.59. The first-order chi connectivity index (χ1) is 5.12. The van der Waals surface area contributed by atoms with Gasteiger partial charge in [0, 0.05) is 12.3 Å². The van der Waals surface area contributed by atoms with Gasteiger partial charge in [-0.3, -0.25) is 5.32 Å². The fraction of sp³-hybridized carbons (Fsp3) is 0.200. The summed E-state index contributed by atoms with van der Waals surface area (Å²) in [5, 5.41) is 13.8. The zero-order valence-corrected chi connectivity index (χ0v) is 5.61. The van der Waals surface area contributed by atoms with Crippen LogP contribution in [-0.4, -0.2) is 23.3 Å². The first kappa shape index (κ1) is 7.55. The van der Waals surface area contributed by atoms with Crippen molar-refractivity contribution in [1.29, 1.82) is 0 Å². The molecular formula is C5H8N4O2. The zero-order chi connectivity index (χ0) is 8.32. The molecule has 1 aliphatic heterocycles. The zero-order valence-electron chi connectivity index (χ0n) is 5.61. The first-order valence-electron chi connectivity index (χ1n) is 2.89. The van der Waals surface area contributed by atoms with Crippen molar-refractivity contribution in [3.63, 3.8) is 0 Å². The third-order valence-corrected chi connectivity index (χ3v) is 1.07. The second kappa shape index (κ2) is 2.59. The standard InChI is InChI=1S/C5H8N4O2/c6-4(10)9-5(11)1-2-7-3-8-5/h1-3,11H,(H,7,8)(H3,6,9,10). The number of aliphatic hydroxyl groups is 1. The largest absolute Gasteiger partial charge is 0.352 e. The summed E-state index contributed by atoms with van der Waals surface area (Å²) in [5.74, 6) is -1.60. The van der Waals surface area contributed by atoms with Crippen LogP contribution >= 0.6 is 0 Å². The predicted molar refractivity (Wildman–Crippen MR) is 38.4 cm³/mol. The van der Waals surface area contributed by atoms with Crippen molar-refractivity contribution in [2.45, 2.75) is 5.85 Å². The van der Waals surface area contributed by atoms with E-state index in [0.717, 1.165) is 0 Å². The lowest BCUT2D eigenvalue weighted by atomic mass is 10.3. The molecule has 1 heterocycles. The molecule has 11 heavy (non-hydrogen) atoms. The van der Waals surface area contributed by atoms with Crippen LogP contribution in [0.25, 0.3) is 0 Å². The monoisotopic (exact) mass is 156 g/mol. The van der Waals surface area contributed by atoms with Crippen LogP contribution in [0.15, 0.2) is 17.3 Å². The van der Waals surface area contributed by atoms with Crippen molar-refractivity contribution < 1.29 is 9.90 Å². The van der Waals surface area contributed by atoms with Crippen molar-refractivity contribution in [1.82, 2.24) is 10.6 Å². The highest BCUT2D eigenvalue weighted by Crippen LogP contribution is 1.99. The van der Waals surface area contributed by atoms with E-state index < -0.39 is 11.9 Å². The van der Waals surface area contributed by atoms with Crippen LogP contribution in [0.1, 0.15) is 0 Å². The highest BCUT2D eigenvalue weighted by Gasteiger charge is 2.24. The van der Waals surface area contributed by atoms with Crippen LogP contribution < -0.4 is 16.4 Å². The second-order valence-electron chi connectivity index (χ2n) is 1.99. The van der Waals surface area contributed by atoms with Crippen LogP contribution in [0.3, 0.4) is 0 Å². The number of nitrogens with zero attached hydrogens (tertiary/aromatic N) is 1. The molecule has 6 heteroatoms. The van der Waals surface area contributed by atoms with Crippen molar-refractivity contribution in [3.05, 3.63) is 12.3 Å². The van der Waals surface area contributed by atoms with Gasteiger partial charge in [0.2, 0.25) is 5.85 Å². The lowest BCUT2D eigenvalue weighted by Gasteiger charge is -2.25. The lowest BCUT2D eigenvalue weighted by molar-refractivity contribution is 0.0515. The van der Waals surface area contributed by atoms with Gasteiger partial charge in [-0.05, 0) is 0 Å². The summed E-state index contributed by atoms with van der Waals surface area (Å²) in [4.78, 5) is 13.9. The van der Waals surface area contributed by atoms with Crippen molar-refractivity contribution in [3.8, 4) is 0 Å². The second-order valence-corrected chi connectivity index (χ2v) is 1.99. The molecule has 1 rings (SSSR count). The molecule has 1 unspecified atom stereocenters. The summed E-state index contributed by atoms with van der Waals surface area (Å²) in [6.07, 6.45) is 3.85. The molecule has 0 radical (unpaired) electrons. The molecule has 0 saturated carbocycles. The molecule has 1 atom stereocenters. The van der Waals surface area contributed by atoms with Gasteiger partial charge >= 0.3 is 6.03 Å². The number of carbonyl (C=O) groups excluding carboxylic acids is 1. The minimum absolute atomic E-state index is 0.819. The minimum atomic E-state index is -1.60. The van der Waals surface area contributed by atoms with Crippen molar-refractivity contribution >= 4 is 12.4 Å². The van der Waals surface area contributed by atoms with E-state index in [9.17, 15) is 9.90 Å². The molecule has 0 aliphatic carbocycles. The maximum atomic E-state index is 10.3. The van der Waals surface area contributed by atoms with E-state index >= 15 is 0 Å². The maximum absolute atomic E-state index is 10.3. The molecule has 0 spiro atoms. The summed E-state index contributed by atoms with van der Waals surface area (Å²) >= 11 is 0. The fourth-order valence-corrected chi connectivity index (χ4v) is 0.643. The van der Waals surface area contributed by atoms with Gasteiger partial charge in [-0.2, -0.15) is 0 Å². The Balaban J connectivity index is 2.61. The summed E-state index contributed by atoms with van der Waals surface area (Å²) in [7, 11) is 0. The number of rotatable bonds is 1. The Hall–Kier alpha value is -1.56. The molecule has 0 aromatic rings. The summed E-state index contributed by atoms with van der Waals surface area (Å²) < 4.78 is 0. The van der Waals surface area contributed by atoms with Crippen molar-refractivity contribution in [2.75, 3.05) is 0 Å². The Labute approximate surface area is 62.8 Å². The van der Waals surface area contributed by atoms with Gasteiger partial charge in [0.25, 0.3) is 0 Å². The number of aliphatic imine (C=N–C) groups is 1. The number of primary amides is 1. The molecule has 5 N–H and O–H groups in total. The minimum Gasteiger partial charge on any atom is -0.352 e. The Morgan fingerprint density at radius 2 is 2.55 bits per heavy atom. The Morgan fingerprint density at radius 3 is 3.00 bits per heavy atom. The van der Waals surface area contributed by atoms with Crippen LogP contribution in [0, 0.1) is 0 Å². The predicted octanol–water partition coefficient (Wildman–Crippen LogP) is -1.55. The van der Waals surface area contributed by atoms with E-state index in [1.807, 2.05) is 0 Å². The molecule has 0 bridgehead atoms. The average Bonchev–Trinajstić information content (AvgIpc) is 1.85. The topological polar surface area (TPSA) is 99.7 Å². The summed E-state index contributed by atoms with van der Waals surface area (Å²) in [5.41, 5.74) is 4.78. The van der Waals surface area contributed by atoms with Gasteiger partial charge in [0.1, 0.15) is 0 Å². The van der Waals surface area contributed by atoms with Crippen LogP contribution in [0.5, 0.6) is 0 Å². The fourth-order valence-electron chi connectivity index (χ4n) is 0.643. The number of nitrogens with one attached hydrogen (secondary N) is 2. The van der Waals surface area contributed by atoms with Crippen molar-refractivity contribution in [2.24, 2.45) is 10.7 Å². The summed E-state index contributed by atoms with van der Waals surface area (Å²) in [6, 6.07) is -0.819. The van der Waals surface area contributed by atoms with Gasteiger partial charge in [0.15, 0.2) is 0 Å². The smallest absolute Gasteiger partial charge is 0.316 e. The van der Waals surface area contributed by atoms with Crippen LogP contribution in [-0.2, 0) is 0 Å². The Bertz CT molecular complexity index is 225. The quantitative estimate of drug-likeness (QED) is 0.346. The highest BCUT2D eigenvalue weighted by atomic mass is 16.3. The average molecular weight is 156 g/mol. The maximum Gasteiger partial charge on any atom is 0.316 e. The Morgan fingerprint density at radius 1 is 1.82 bits per heavy atom. The van der Waals surface area contributed by atoms with Gasteiger partial charge in [-0.25, -0.2) is 9.79 Å². The van der Waals surface area contributed by atoms with E-state index in [4.69, 9.17) is 5.73 Å². The SMILES string of the molecule is NC(=O)NC1(O)C=CN=CN1. The van der Waals surface area contributed by atoms with Crippen LogP contribution in [0.2, 0.25) is 0 Å². The Kier molecular flexibility index (Phi) is 1.77. The highest BCUT2D eigenvalue weighted by molar-refractivity contribution is 5.73.